The number of piperazine rings is 1. The van der Waals surface area contributed by atoms with E-state index in [0.717, 1.165) is 32.1 Å². The molecule has 0 unspecified atom stereocenters. The van der Waals surface area contributed by atoms with Crippen LogP contribution < -0.4 is 0 Å². The highest BCUT2D eigenvalue weighted by Crippen LogP contribution is 2.31. The van der Waals surface area contributed by atoms with E-state index in [1.807, 2.05) is 11.8 Å². The van der Waals surface area contributed by atoms with Gasteiger partial charge < -0.3 is 14.9 Å². The first-order chi connectivity index (χ1) is 9.54. The van der Waals surface area contributed by atoms with E-state index < -0.39 is 5.60 Å². The van der Waals surface area contributed by atoms with Gasteiger partial charge in [-0.05, 0) is 12.8 Å². The third-order valence-electron chi connectivity index (χ3n) is 4.55. The zero-order chi connectivity index (χ0) is 14.6. The molecule has 0 atom stereocenters. The van der Waals surface area contributed by atoms with Crippen molar-refractivity contribution in [1.82, 2.24) is 9.80 Å². The Kier molecular flexibility index (Phi) is 5.02. The highest BCUT2D eigenvalue weighted by atomic mass is 16.3. The van der Waals surface area contributed by atoms with Crippen molar-refractivity contribution < 1.29 is 14.7 Å². The molecule has 0 bridgehead atoms. The molecule has 0 aromatic carbocycles. The summed E-state index contributed by atoms with van der Waals surface area (Å²) in [5.41, 5.74) is -0.786. The maximum absolute atomic E-state index is 12.3. The van der Waals surface area contributed by atoms with Crippen molar-refractivity contribution in [3.05, 3.63) is 0 Å². The van der Waals surface area contributed by atoms with Gasteiger partial charge >= 0.3 is 0 Å². The van der Waals surface area contributed by atoms with Crippen LogP contribution >= 0.6 is 0 Å². The molecule has 1 aliphatic heterocycles. The molecule has 1 saturated heterocycles. The number of nitrogens with zero attached hydrogens (tertiary/aromatic N) is 2. The second kappa shape index (κ2) is 6.57. The molecule has 2 amide bonds. The van der Waals surface area contributed by atoms with Crippen molar-refractivity contribution in [3.8, 4) is 0 Å². The molecule has 5 nitrogen and oxygen atoms in total. The quantitative estimate of drug-likeness (QED) is 0.845. The molecular formula is C15H26N2O3. The van der Waals surface area contributed by atoms with Crippen molar-refractivity contribution in [2.75, 3.05) is 26.2 Å². The van der Waals surface area contributed by atoms with Gasteiger partial charge in [0.25, 0.3) is 0 Å². The first kappa shape index (κ1) is 15.3. The Balaban J connectivity index is 1.81. The topological polar surface area (TPSA) is 60.9 Å². The third kappa shape index (κ3) is 3.72. The maximum Gasteiger partial charge on any atom is 0.225 e. The molecule has 1 aliphatic carbocycles. The van der Waals surface area contributed by atoms with Crippen molar-refractivity contribution in [2.45, 2.75) is 57.5 Å². The fraction of sp³-hybridized carbons (Fsp3) is 0.867. The van der Waals surface area contributed by atoms with Crippen LogP contribution in [0.2, 0.25) is 0 Å². The summed E-state index contributed by atoms with van der Waals surface area (Å²) >= 11 is 0. The van der Waals surface area contributed by atoms with Gasteiger partial charge in [0.1, 0.15) is 0 Å². The Hall–Kier alpha value is -1.10. The average molecular weight is 282 g/mol. The summed E-state index contributed by atoms with van der Waals surface area (Å²) < 4.78 is 0. The summed E-state index contributed by atoms with van der Waals surface area (Å²) in [6.45, 7) is 4.30. The Morgan fingerprint density at radius 3 is 1.95 bits per heavy atom. The Bertz CT molecular complexity index is 356. The Morgan fingerprint density at radius 1 is 0.950 bits per heavy atom. The lowest BCUT2D eigenvalue weighted by atomic mass is 9.82. The van der Waals surface area contributed by atoms with Crippen LogP contribution in [0.15, 0.2) is 0 Å². The van der Waals surface area contributed by atoms with Crippen LogP contribution in [0.3, 0.4) is 0 Å². The summed E-state index contributed by atoms with van der Waals surface area (Å²) in [4.78, 5) is 27.5. The van der Waals surface area contributed by atoms with E-state index in [1.165, 1.54) is 0 Å². The summed E-state index contributed by atoms with van der Waals surface area (Å²) in [6, 6.07) is 0. The number of carbonyl (C=O) groups excluding carboxylic acids is 2. The highest BCUT2D eigenvalue weighted by Gasteiger charge is 2.34. The van der Waals surface area contributed by atoms with Gasteiger partial charge in [-0.25, -0.2) is 0 Å². The fourth-order valence-corrected chi connectivity index (χ4v) is 3.21. The summed E-state index contributed by atoms with van der Waals surface area (Å²) in [5.74, 6) is 0.195. The molecular weight excluding hydrogens is 256 g/mol. The van der Waals surface area contributed by atoms with Crippen molar-refractivity contribution in [3.63, 3.8) is 0 Å². The number of hydrogen-bond acceptors (Lipinski definition) is 3. The van der Waals surface area contributed by atoms with Gasteiger partial charge in [-0.3, -0.25) is 9.59 Å². The van der Waals surface area contributed by atoms with E-state index in [-0.39, 0.29) is 18.2 Å². The molecule has 0 aromatic rings. The van der Waals surface area contributed by atoms with E-state index in [9.17, 15) is 14.7 Å². The van der Waals surface area contributed by atoms with Crippen LogP contribution in [-0.2, 0) is 9.59 Å². The molecule has 0 radical (unpaired) electrons. The molecule has 0 aromatic heterocycles. The lowest BCUT2D eigenvalue weighted by molar-refractivity contribution is -0.143. The van der Waals surface area contributed by atoms with Gasteiger partial charge in [-0.15, -0.1) is 0 Å². The molecule has 20 heavy (non-hydrogen) atoms. The van der Waals surface area contributed by atoms with Crippen molar-refractivity contribution in [1.29, 1.82) is 0 Å². The van der Waals surface area contributed by atoms with Crippen LogP contribution in [0.4, 0.5) is 0 Å². The third-order valence-corrected chi connectivity index (χ3v) is 4.55. The van der Waals surface area contributed by atoms with Crippen LogP contribution in [0, 0.1) is 0 Å². The fourth-order valence-electron chi connectivity index (χ4n) is 3.21. The molecule has 1 N–H and O–H groups in total. The van der Waals surface area contributed by atoms with Crippen LogP contribution in [0.1, 0.15) is 51.9 Å². The standard InChI is InChI=1S/C15H26N2O3/c1-2-13(18)16-8-10-17(11-9-16)14(19)12-15(20)6-4-3-5-7-15/h20H,2-12H2,1H3. The summed E-state index contributed by atoms with van der Waals surface area (Å²) in [6.07, 6.45) is 5.45. The minimum absolute atomic E-state index is 0.0398. The van der Waals surface area contributed by atoms with Gasteiger partial charge in [0.05, 0.1) is 12.0 Å². The molecule has 2 rings (SSSR count). The minimum Gasteiger partial charge on any atom is -0.389 e. The molecule has 1 saturated carbocycles. The van der Waals surface area contributed by atoms with E-state index in [2.05, 4.69) is 0 Å². The summed E-state index contributed by atoms with van der Waals surface area (Å²) in [7, 11) is 0. The molecule has 1 heterocycles. The first-order valence-electron chi connectivity index (χ1n) is 7.82. The first-order valence-corrected chi connectivity index (χ1v) is 7.82. The lowest BCUT2D eigenvalue weighted by Crippen LogP contribution is -2.52. The number of rotatable bonds is 3. The van der Waals surface area contributed by atoms with Crippen LogP contribution in [0.25, 0.3) is 0 Å². The molecule has 5 heteroatoms. The highest BCUT2D eigenvalue weighted by molar-refractivity contribution is 5.79. The summed E-state index contributed by atoms with van der Waals surface area (Å²) in [5, 5.41) is 10.4. The SMILES string of the molecule is CCC(=O)N1CCN(C(=O)CC2(O)CCCCC2)CC1. The normalized spacial score (nSPS) is 22.7. The predicted octanol–water partition coefficient (Wildman–Crippen LogP) is 1.15. The van der Waals surface area contributed by atoms with Crippen molar-refractivity contribution in [2.24, 2.45) is 0 Å². The molecule has 2 aliphatic rings. The van der Waals surface area contributed by atoms with Crippen LogP contribution in [-0.4, -0.2) is 58.5 Å². The zero-order valence-corrected chi connectivity index (χ0v) is 12.4. The Labute approximate surface area is 120 Å². The van der Waals surface area contributed by atoms with Gasteiger partial charge in [0.2, 0.25) is 11.8 Å². The van der Waals surface area contributed by atoms with Gasteiger partial charge in [0, 0.05) is 32.6 Å². The Morgan fingerprint density at radius 2 is 1.45 bits per heavy atom. The van der Waals surface area contributed by atoms with Gasteiger partial charge in [-0.1, -0.05) is 26.2 Å². The van der Waals surface area contributed by atoms with Gasteiger partial charge in [0.15, 0.2) is 0 Å². The van der Waals surface area contributed by atoms with Crippen molar-refractivity contribution >= 4 is 11.8 Å². The second-order valence-corrected chi connectivity index (χ2v) is 6.08. The van der Waals surface area contributed by atoms with Gasteiger partial charge in [-0.2, -0.15) is 0 Å². The van der Waals surface area contributed by atoms with E-state index in [4.69, 9.17) is 0 Å². The smallest absolute Gasteiger partial charge is 0.225 e. The molecule has 2 fully saturated rings. The number of carbonyl (C=O) groups is 2. The number of aliphatic hydroxyl groups is 1. The second-order valence-electron chi connectivity index (χ2n) is 6.08. The monoisotopic (exact) mass is 282 g/mol. The van der Waals surface area contributed by atoms with E-state index in [1.54, 1.807) is 4.90 Å². The van der Waals surface area contributed by atoms with E-state index >= 15 is 0 Å². The predicted molar refractivity (Wildman–Crippen MR) is 76.1 cm³/mol. The van der Waals surface area contributed by atoms with Crippen LogP contribution in [0.5, 0.6) is 0 Å². The molecule has 114 valence electrons. The maximum atomic E-state index is 12.3. The number of amides is 2. The van der Waals surface area contributed by atoms with E-state index in [0.29, 0.717) is 32.6 Å². The molecule has 0 spiro atoms. The minimum atomic E-state index is -0.786. The zero-order valence-electron chi connectivity index (χ0n) is 12.4. The lowest BCUT2D eigenvalue weighted by Gasteiger charge is -2.37. The largest absolute Gasteiger partial charge is 0.389 e. The number of hydrogen-bond donors (Lipinski definition) is 1. The average Bonchev–Trinajstić information content (AvgIpc) is 2.47.